The minimum absolute atomic E-state index is 0.257. The summed E-state index contributed by atoms with van der Waals surface area (Å²) in [5, 5.41) is 17.6. The Morgan fingerprint density at radius 2 is 1.92 bits per heavy atom. The van der Waals surface area contributed by atoms with Crippen LogP contribution in [0.15, 0.2) is 0 Å². The van der Waals surface area contributed by atoms with Crippen molar-refractivity contribution in [3.8, 4) is 0 Å². The van der Waals surface area contributed by atoms with E-state index in [2.05, 4.69) is 0 Å². The topological polar surface area (TPSA) is 98.1 Å². The van der Waals surface area contributed by atoms with Crippen LogP contribution in [-0.2, 0) is 10.1 Å². The Labute approximate surface area is 77.5 Å². The van der Waals surface area contributed by atoms with Gasteiger partial charge in [-0.25, -0.2) is 0 Å². The normalized spacial score (nSPS) is 14.8. The fourth-order valence-electron chi connectivity index (χ4n) is 0.974. The van der Waals surface area contributed by atoms with E-state index in [0.717, 1.165) is 4.90 Å². The molecule has 0 heterocycles. The maximum Gasteiger partial charge on any atom is 0.278 e. The number of hydrogen-bond donors (Lipinski definition) is 3. The highest BCUT2D eigenvalue weighted by Crippen LogP contribution is 2.03. The first-order valence-electron chi connectivity index (χ1n) is 3.85. The third-order valence-electron chi connectivity index (χ3n) is 1.71. The van der Waals surface area contributed by atoms with Gasteiger partial charge in [0, 0.05) is 6.04 Å². The van der Waals surface area contributed by atoms with Crippen LogP contribution in [-0.4, -0.2) is 53.3 Å². The van der Waals surface area contributed by atoms with Crippen molar-refractivity contribution >= 4 is 10.1 Å². The van der Waals surface area contributed by atoms with Gasteiger partial charge in [-0.3, -0.25) is 9.45 Å². The van der Waals surface area contributed by atoms with Crippen molar-refractivity contribution in [2.45, 2.75) is 19.4 Å². The summed E-state index contributed by atoms with van der Waals surface area (Å²) in [6.07, 6.45) is 0.493. The lowest BCUT2D eigenvalue weighted by molar-refractivity contribution is 0.0519. The summed E-state index contributed by atoms with van der Waals surface area (Å²) in [6, 6.07) is -0.452. The molecule has 6 nitrogen and oxygen atoms in total. The Morgan fingerprint density at radius 3 is 2.15 bits per heavy atom. The van der Waals surface area contributed by atoms with E-state index >= 15 is 0 Å². The molecule has 13 heavy (non-hydrogen) atoms. The molecule has 0 radical (unpaired) electrons. The Hall–Kier alpha value is -0.210. The van der Waals surface area contributed by atoms with Gasteiger partial charge in [-0.1, -0.05) is 6.92 Å². The molecule has 0 aliphatic carbocycles. The van der Waals surface area contributed by atoms with Crippen molar-refractivity contribution in [1.82, 2.24) is 4.90 Å². The second kappa shape index (κ2) is 5.51. The third-order valence-corrected chi connectivity index (χ3v) is 2.37. The molecule has 0 aliphatic rings. The molecule has 0 saturated heterocycles. The predicted molar refractivity (Wildman–Crippen MR) is 46.5 cm³/mol. The van der Waals surface area contributed by atoms with E-state index < -0.39 is 28.8 Å². The summed E-state index contributed by atoms with van der Waals surface area (Å²) < 4.78 is 29.4. The van der Waals surface area contributed by atoms with Crippen LogP contribution in [0.1, 0.15) is 13.3 Å². The minimum atomic E-state index is -4.15. The van der Waals surface area contributed by atoms with Crippen molar-refractivity contribution in [2.75, 3.05) is 19.2 Å². The largest absolute Gasteiger partial charge is 0.395 e. The van der Waals surface area contributed by atoms with E-state index in [1.165, 1.54) is 0 Å². The number of hydrogen-bond acceptors (Lipinski definition) is 5. The fourth-order valence-corrected chi connectivity index (χ4v) is 1.69. The van der Waals surface area contributed by atoms with Crippen LogP contribution in [0.3, 0.4) is 0 Å². The van der Waals surface area contributed by atoms with Crippen molar-refractivity contribution < 1.29 is 23.2 Å². The molecule has 0 bridgehead atoms. The predicted octanol–water partition coefficient (Wildman–Crippen LogP) is -1.15. The van der Waals surface area contributed by atoms with Gasteiger partial charge in [0.15, 0.2) is 0 Å². The number of rotatable bonds is 6. The Kier molecular flexibility index (Phi) is 5.42. The number of aliphatic hydroxyl groups excluding tert-OH is 2. The average Bonchev–Trinajstić information content (AvgIpc) is 2.02. The summed E-state index contributed by atoms with van der Waals surface area (Å²) in [4.78, 5) is 1.08. The first-order valence-corrected chi connectivity index (χ1v) is 5.46. The maximum atomic E-state index is 10.5. The molecule has 0 aromatic carbocycles. The van der Waals surface area contributed by atoms with Crippen LogP contribution >= 0.6 is 0 Å². The Balaban J connectivity index is 4.32. The van der Waals surface area contributed by atoms with E-state index in [0.29, 0.717) is 6.42 Å². The molecule has 0 aliphatic heterocycles. The summed E-state index contributed by atoms with van der Waals surface area (Å²) in [5.74, 6) is -0.664. The quantitative estimate of drug-likeness (QED) is 0.381. The lowest BCUT2D eigenvalue weighted by Crippen LogP contribution is -2.41. The number of nitrogens with zero attached hydrogens (tertiary/aromatic N) is 1. The molecule has 1 unspecified atom stereocenters. The molecule has 3 N–H and O–H groups in total. The smallest absolute Gasteiger partial charge is 0.278 e. The Bertz CT molecular complexity index is 223. The monoisotopic (exact) mass is 213 g/mol. The molecule has 0 rings (SSSR count). The van der Waals surface area contributed by atoms with Gasteiger partial charge in [-0.2, -0.15) is 8.42 Å². The van der Waals surface area contributed by atoms with Gasteiger partial charge in [0.05, 0.1) is 13.3 Å². The van der Waals surface area contributed by atoms with Crippen molar-refractivity contribution in [3.05, 3.63) is 0 Å². The summed E-state index contributed by atoms with van der Waals surface area (Å²) in [6.45, 7) is 0.971. The van der Waals surface area contributed by atoms with Gasteiger partial charge >= 0.3 is 0 Å². The van der Waals surface area contributed by atoms with Crippen LogP contribution in [0.2, 0.25) is 0 Å². The highest BCUT2D eigenvalue weighted by molar-refractivity contribution is 7.85. The second-order valence-corrected chi connectivity index (χ2v) is 4.11. The van der Waals surface area contributed by atoms with E-state index in [9.17, 15) is 8.42 Å². The van der Waals surface area contributed by atoms with Crippen molar-refractivity contribution in [1.29, 1.82) is 0 Å². The van der Waals surface area contributed by atoms with E-state index in [1.807, 2.05) is 0 Å². The van der Waals surface area contributed by atoms with Crippen LogP contribution < -0.4 is 0 Å². The van der Waals surface area contributed by atoms with Crippen LogP contribution in [0, 0.1) is 0 Å². The molecule has 0 aromatic heterocycles. The maximum absolute atomic E-state index is 10.5. The first kappa shape index (κ1) is 12.8. The highest BCUT2D eigenvalue weighted by atomic mass is 32.2. The average molecular weight is 213 g/mol. The molecule has 0 aromatic rings. The summed E-state index contributed by atoms with van der Waals surface area (Å²) in [5.41, 5.74) is 0. The van der Waals surface area contributed by atoms with E-state index in [1.54, 1.807) is 6.92 Å². The van der Waals surface area contributed by atoms with Gasteiger partial charge in [0.1, 0.15) is 5.88 Å². The van der Waals surface area contributed by atoms with Gasteiger partial charge in [0.2, 0.25) is 0 Å². The number of aliphatic hydroxyl groups is 2. The van der Waals surface area contributed by atoms with Crippen LogP contribution in [0.25, 0.3) is 0 Å². The van der Waals surface area contributed by atoms with Gasteiger partial charge in [-0.05, 0) is 6.42 Å². The van der Waals surface area contributed by atoms with Crippen LogP contribution in [0.5, 0.6) is 0 Å². The van der Waals surface area contributed by atoms with Crippen molar-refractivity contribution in [2.24, 2.45) is 0 Å². The van der Waals surface area contributed by atoms with Gasteiger partial charge < -0.3 is 10.2 Å². The third kappa shape index (κ3) is 5.17. The molecule has 1 atom stereocenters. The molecular formula is C6H15NO5S. The first-order chi connectivity index (χ1) is 5.94. The Morgan fingerprint density at radius 1 is 1.38 bits per heavy atom. The fraction of sp³-hybridized carbons (Fsp3) is 1.00. The SMILES string of the molecule is CCC(CO)N(CO)CS(=O)(=O)O. The van der Waals surface area contributed by atoms with Gasteiger partial charge in [0.25, 0.3) is 10.1 Å². The highest BCUT2D eigenvalue weighted by Gasteiger charge is 2.20. The standard InChI is InChI=1S/C6H15NO5S/c1-2-6(3-8)7(4-9)5-13(10,11)12/h6,8-9H,2-5H2,1H3,(H,10,11,12). The second-order valence-electron chi connectivity index (χ2n) is 2.69. The van der Waals surface area contributed by atoms with Crippen LogP contribution in [0.4, 0.5) is 0 Å². The minimum Gasteiger partial charge on any atom is -0.395 e. The zero-order valence-corrected chi connectivity index (χ0v) is 8.24. The lowest BCUT2D eigenvalue weighted by atomic mass is 10.2. The zero-order valence-electron chi connectivity index (χ0n) is 7.42. The molecule has 80 valence electrons. The molecule has 0 amide bonds. The molecule has 0 spiro atoms. The van der Waals surface area contributed by atoms with E-state index in [4.69, 9.17) is 14.8 Å². The summed E-state index contributed by atoms with van der Waals surface area (Å²) in [7, 11) is -4.15. The van der Waals surface area contributed by atoms with Gasteiger partial charge in [-0.15, -0.1) is 0 Å². The molecular weight excluding hydrogens is 198 g/mol. The molecule has 0 fully saturated rings. The zero-order chi connectivity index (χ0) is 10.5. The van der Waals surface area contributed by atoms with E-state index in [-0.39, 0.29) is 6.61 Å². The summed E-state index contributed by atoms with van der Waals surface area (Å²) >= 11 is 0. The lowest BCUT2D eigenvalue weighted by Gasteiger charge is -2.25. The molecule has 7 heteroatoms. The van der Waals surface area contributed by atoms with Crippen molar-refractivity contribution in [3.63, 3.8) is 0 Å². The molecule has 0 saturated carbocycles.